The maximum absolute atomic E-state index is 10.8. The van der Waals surface area contributed by atoms with Crippen LogP contribution in [0.3, 0.4) is 0 Å². The molecule has 0 aromatic carbocycles. The third-order valence-corrected chi connectivity index (χ3v) is 1.37. The van der Waals surface area contributed by atoms with Crippen LogP contribution >= 0.6 is 0 Å². The highest BCUT2D eigenvalue weighted by Gasteiger charge is 1.90. The molecule has 0 N–H and O–H groups in total. The van der Waals surface area contributed by atoms with Crippen molar-refractivity contribution in [3.8, 4) is 0 Å². The quantitative estimate of drug-likeness (QED) is 0.617. The van der Waals surface area contributed by atoms with E-state index in [1.807, 2.05) is 0 Å². The Morgan fingerprint density at radius 2 is 2.25 bits per heavy atom. The number of hydrogen-bond donors (Lipinski definition) is 0. The summed E-state index contributed by atoms with van der Waals surface area (Å²) in [4.78, 5) is 18.3. The number of carbonyl (C=O) groups excluding carboxylic acids is 1. The maximum atomic E-state index is 10.8. The average molecular weight is 162 g/mol. The van der Waals surface area contributed by atoms with E-state index < -0.39 is 0 Å². The van der Waals surface area contributed by atoms with Crippen LogP contribution in [-0.2, 0) is 4.79 Å². The minimum absolute atomic E-state index is 0.105. The van der Waals surface area contributed by atoms with Gasteiger partial charge in [-0.05, 0) is 17.7 Å². The summed E-state index contributed by atoms with van der Waals surface area (Å²) in [5.74, 6) is -0.105. The summed E-state index contributed by atoms with van der Waals surface area (Å²) in [6, 6.07) is 3.60. The van der Waals surface area contributed by atoms with Crippen molar-refractivity contribution in [2.45, 2.75) is 13.3 Å². The van der Waals surface area contributed by atoms with Gasteiger partial charge in [0, 0.05) is 25.0 Å². The highest BCUT2D eigenvalue weighted by Crippen LogP contribution is 1.92. The molecule has 0 radical (unpaired) electrons. The molecule has 0 saturated heterocycles. The topological polar surface area (TPSA) is 42.3 Å². The van der Waals surface area contributed by atoms with Crippen molar-refractivity contribution in [3.63, 3.8) is 0 Å². The monoisotopic (exact) mass is 162 g/mol. The molecule has 1 amide bonds. The molecule has 1 aromatic heterocycles. The Hall–Kier alpha value is -1.51. The Morgan fingerprint density at radius 1 is 1.58 bits per heavy atom. The van der Waals surface area contributed by atoms with Crippen molar-refractivity contribution in [3.05, 3.63) is 30.1 Å². The van der Waals surface area contributed by atoms with E-state index in [0.717, 1.165) is 5.56 Å². The molecule has 62 valence electrons. The van der Waals surface area contributed by atoms with Crippen molar-refractivity contribution in [2.24, 2.45) is 4.99 Å². The average Bonchev–Trinajstić information content (AvgIpc) is 2.16. The highest BCUT2D eigenvalue weighted by molar-refractivity contribution is 5.91. The van der Waals surface area contributed by atoms with Gasteiger partial charge in [0.15, 0.2) is 0 Å². The predicted octanol–water partition coefficient (Wildman–Crippen LogP) is 1.44. The van der Waals surface area contributed by atoms with Gasteiger partial charge in [-0.1, -0.05) is 6.92 Å². The van der Waals surface area contributed by atoms with Gasteiger partial charge in [0.2, 0.25) is 5.91 Å². The summed E-state index contributed by atoms with van der Waals surface area (Å²) >= 11 is 0. The van der Waals surface area contributed by atoms with E-state index in [2.05, 4.69) is 9.98 Å². The number of rotatable bonds is 2. The lowest BCUT2D eigenvalue weighted by molar-refractivity contribution is -0.117. The third kappa shape index (κ3) is 2.62. The Morgan fingerprint density at radius 3 is 2.83 bits per heavy atom. The lowest BCUT2D eigenvalue weighted by Gasteiger charge is -1.88. The standard InChI is InChI=1S/C9H10N2O/c1-2-9(12)11-7-8-3-5-10-6-4-8/h3-7H,2H2,1H3/b11-7+. The van der Waals surface area contributed by atoms with Crippen LogP contribution < -0.4 is 0 Å². The molecule has 1 rings (SSSR count). The number of aromatic nitrogens is 1. The summed E-state index contributed by atoms with van der Waals surface area (Å²) < 4.78 is 0. The SMILES string of the molecule is CCC(=O)/N=C/c1ccncc1. The number of amides is 1. The van der Waals surface area contributed by atoms with E-state index in [4.69, 9.17) is 0 Å². The zero-order valence-electron chi connectivity index (χ0n) is 6.90. The van der Waals surface area contributed by atoms with Gasteiger partial charge >= 0.3 is 0 Å². The summed E-state index contributed by atoms with van der Waals surface area (Å²) in [7, 11) is 0. The molecular formula is C9H10N2O. The predicted molar refractivity (Wildman–Crippen MR) is 47.1 cm³/mol. The largest absolute Gasteiger partial charge is 0.273 e. The van der Waals surface area contributed by atoms with Crippen LogP contribution in [0.5, 0.6) is 0 Å². The summed E-state index contributed by atoms with van der Waals surface area (Å²) in [5.41, 5.74) is 0.895. The first-order valence-electron chi connectivity index (χ1n) is 3.80. The van der Waals surface area contributed by atoms with E-state index in [9.17, 15) is 4.79 Å². The Balaban J connectivity index is 2.64. The molecule has 0 aliphatic rings. The zero-order chi connectivity index (χ0) is 8.81. The third-order valence-electron chi connectivity index (χ3n) is 1.37. The molecule has 0 saturated carbocycles. The van der Waals surface area contributed by atoms with Crippen LogP contribution in [0.25, 0.3) is 0 Å². The summed E-state index contributed by atoms with van der Waals surface area (Å²) in [6.45, 7) is 1.78. The second-order valence-electron chi connectivity index (χ2n) is 2.29. The van der Waals surface area contributed by atoms with E-state index >= 15 is 0 Å². The van der Waals surface area contributed by atoms with Crippen LogP contribution in [0, 0.1) is 0 Å². The van der Waals surface area contributed by atoms with Crippen molar-refractivity contribution in [1.29, 1.82) is 0 Å². The van der Waals surface area contributed by atoms with Gasteiger partial charge in [-0.3, -0.25) is 9.78 Å². The zero-order valence-corrected chi connectivity index (χ0v) is 6.90. The lowest BCUT2D eigenvalue weighted by Crippen LogP contribution is -1.90. The Labute approximate surface area is 71.2 Å². The van der Waals surface area contributed by atoms with Crippen LogP contribution in [0.1, 0.15) is 18.9 Å². The van der Waals surface area contributed by atoms with Crippen LogP contribution in [0.15, 0.2) is 29.5 Å². The van der Waals surface area contributed by atoms with E-state index in [1.54, 1.807) is 37.7 Å². The number of hydrogen-bond acceptors (Lipinski definition) is 2. The molecular weight excluding hydrogens is 152 g/mol. The molecule has 0 aliphatic carbocycles. The number of nitrogens with zero attached hydrogens (tertiary/aromatic N) is 2. The van der Waals surface area contributed by atoms with Gasteiger partial charge < -0.3 is 0 Å². The van der Waals surface area contributed by atoms with Crippen molar-refractivity contribution < 1.29 is 4.79 Å². The minimum Gasteiger partial charge on any atom is -0.273 e. The second-order valence-corrected chi connectivity index (χ2v) is 2.29. The first-order chi connectivity index (χ1) is 5.83. The number of aliphatic imine (C=N–C) groups is 1. The van der Waals surface area contributed by atoms with Crippen molar-refractivity contribution >= 4 is 12.1 Å². The van der Waals surface area contributed by atoms with Gasteiger partial charge in [-0.15, -0.1) is 0 Å². The van der Waals surface area contributed by atoms with Crippen molar-refractivity contribution in [1.82, 2.24) is 4.98 Å². The molecule has 1 heterocycles. The normalized spacial score (nSPS) is 10.4. The smallest absolute Gasteiger partial charge is 0.245 e. The molecule has 0 atom stereocenters. The van der Waals surface area contributed by atoms with Gasteiger partial charge in [0.1, 0.15) is 0 Å². The van der Waals surface area contributed by atoms with E-state index in [0.29, 0.717) is 6.42 Å². The number of pyridine rings is 1. The fraction of sp³-hybridized carbons (Fsp3) is 0.222. The fourth-order valence-electron chi connectivity index (χ4n) is 0.687. The Kier molecular flexibility index (Phi) is 3.14. The molecule has 1 aromatic rings. The van der Waals surface area contributed by atoms with Crippen molar-refractivity contribution in [2.75, 3.05) is 0 Å². The molecule has 0 bridgehead atoms. The van der Waals surface area contributed by atoms with E-state index in [1.165, 1.54) is 0 Å². The summed E-state index contributed by atoms with van der Waals surface area (Å²) in [5, 5.41) is 0. The molecule has 12 heavy (non-hydrogen) atoms. The Bertz CT molecular complexity index is 280. The lowest BCUT2D eigenvalue weighted by atomic mass is 10.3. The molecule has 3 heteroatoms. The minimum atomic E-state index is -0.105. The van der Waals surface area contributed by atoms with Crippen LogP contribution in [0.2, 0.25) is 0 Å². The van der Waals surface area contributed by atoms with Gasteiger partial charge in [0.05, 0.1) is 0 Å². The fourth-order valence-corrected chi connectivity index (χ4v) is 0.687. The first-order valence-corrected chi connectivity index (χ1v) is 3.80. The summed E-state index contributed by atoms with van der Waals surface area (Å²) in [6.07, 6.45) is 5.32. The second kappa shape index (κ2) is 4.38. The highest BCUT2D eigenvalue weighted by atomic mass is 16.1. The number of carbonyl (C=O) groups is 1. The van der Waals surface area contributed by atoms with E-state index in [-0.39, 0.29) is 5.91 Å². The molecule has 3 nitrogen and oxygen atoms in total. The van der Waals surface area contributed by atoms with Crippen LogP contribution in [0.4, 0.5) is 0 Å². The molecule has 0 unspecified atom stereocenters. The van der Waals surface area contributed by atoms with Gasteiger partial charge in [-0.25, -0.2) is 4.99 Å². The molecule has 0 aliphatic heterocycles. The first kappa shape index (κ1) is 8.59. The van der Waals surface area contributed by atoms with Crippen LogP contribution in [-0.4, -0.2) is 17.1 Å². The van der Waals surface area contributed by atoms with Gasteiger partial charge in [0.25, 0.3) is 0 Å². The molecule has 0 fully saturated rings. The van der Waals surface area contributed by atoms with Gasteiger partial charge in [-0.2, -0.15) is 0 Å². The molecule has 0 spiro atoms. The maximum Gasteiger partial charge on any atom is 0.245 e.